The average Bonchev–Trinajstić information content (AvgIpc) is 3.03. The van der Waals surface area contributed by atoms with Crippen LogP contribution in [0.2, 0.25) is 0 Å². The molecule has 7 heteroatoms. The van der Waals surface area contributed by atoms with E-state index < -0.39 is 0 Å². The highest BCUT2D eigenvalue weighted by atomic mass is 127. The molecule has 1 unspecified atom stereocenters. The minimum absolute atomic E-state index is 0. The molecule has 0 saturated heterocycles. The molecule has 1 aliphatic rings. The van der Waals surface area contributed by atoms with E-state index in [0.29, 0.717) is 6.54 Å². The molecule has 6 nitrogen and oxygen atoms in total. The van der Waals surface area contributed by atoms with Gasteiger partial charge in [0.2, 0.25) is 0 Å². The van der Waals surface area contributed by atoms with Gasteiger partial charge in [0.25, 0.3) is 0 Å². The molecule has 0 saturated carbocycles. The maximum absolute atomic E-state index is 4.76. The molecule has 0 spiro atoms. The first kappa shape index (κ1) is 23.6. The number of aryl methyl sites for hydroxylation is 3. The van der Waals surface area contributed by atoms with E-state index in [1.165, 1.54) is 42.4 Å². The predicted octanol–water partition coefficient (Wildman–Crippen LogP) is 4.22. The number of hydrogen-bond acceptors (Lipinski definition) is 3. The van der Waals surface area contributed by atoms with Gasteiger partial charge in [-0.3, -0.25) is 0 Å². The molecule has 160 valence electrons. The van der Waals surface area contributed by atoms with Crippen LogP contribution in [0.4, 0.5) is 0 Å². The van der Waals surface area contributed by atoms with Crippen molar-refractivity contribution in [1.82, 2.24) is 25.4 Å². The lowest BCUT2D eigenvalue weighted by Crippen LogP contribution is -2.39. The van der Waals surface area contributed by atoms with Gasteiger partial charge in [-0.1, -0.05) is 31.5 Å². The Hall–Kier alpha value is -1.64. The van der Waals surface area contributed by atoms with Gasteiger partial charge in [0, 0.05) is 13.6 Å². The first-order valence-electron chi connectivity index (χ1n) is 10.6. The van der Waals surface area contributed by atoms with Crippen LogP contribution in [0, 0.1) is 6.92 Å². The maximum Gasteiger partial charge on any atom is 0.192 e. The van der Waals surface area contributed by atoms with E-state index in [9.17, 15) is 0 Å². The molecule has 29 heavy (non-hydrogen) atoms. The van der Waals surface area contributed by atoms with Crippen LogP contribution in [0.5, 0.6) is 0 Å². The van der Waals surface area contributed by atoms with E-state index >= 15 is 0 Å². The fraction of sp³-hybridized carbons (Fsp3) is 0.591. The van der Waals surface area contributed by atoms with E-state index in [0.717, 1.165) is 37.0 Å². The number of nitrogens with zero attached hydrogens (tertiary/aromatic N) is 4. The molecule has 0 aliphatic heterocycles. The molecule has 0 fully saturated rings. The van der Waals surface area contributed by atoms with Gasteiger partial charge in [0.1, 0.15) is 12.4 Å². The van der Waals surface area contributed by atoms with Crippen LogP contribution in [-0.4, -0.2) is 27.3 Å². The third-order valence-electron chi connectivity index (χ3n) is 5.61. The molecule has 1 atom stereocenters. The average molecular weight is 510 g/mol. The molecule has 0 amide bonds. The zero-order chi connectivity index (χ0) is 19.9. The summed E-state index contributed by atoms with van der Waals surface area (Å²) in [5.74, 6) is 2.61. The molecular weight excluding hydrogens is 475 g/mol. The van der Waals surface area contributed by atoms with Crippen molar-refractivity contribution in [3.05, 3.63) is 46.5 Å². The fourth-order valence-corrected chi connectivity index (χ4v) is 3.59. The zero-order valence-corrected chi connectivity index (χ0v) is 20.5. The Labute approximate surface area is 192 Å². The van der Waals surface area contributed by atoms with Crippen molar-refractivity contribution in [2.45, 2.75) is 71.9 Å². The normalized spacial score (nSPS) is 14.7. The number of halogens is 1. The molecular formula is C22H35IN6. The maximum atomic E-state index is 4.76. The van der Waals surface area contributed by atoms with Crippen molar-refractivity contribution in [3.8, 4) is 0 Å². The van der Waals surface area contributed by atoms with E-state index in [2.05, 4.69) is 52.9 Å². The topological polar surface area (TPSA) is 67.1 Å². The third-order valence-corrected chi connectivity index (χ3v) is 5.61. The Morgan fingerprint density at radius 1 is 1.21 bits per heavy atom. The Morgan fingerprint density at radius 2 is 1.97 bits per heavy atom. The third kappa shape index (κ3) is 6.42. The van der Waals surface area contributed by atoms with Gasteiger partial charge in [0.05, 0.1) is 6.04 Å². The second-order valence-corrected chi connectivity index (χ2v) is 7.77. The number of fused-ring (bicyclic) bond motifs is 1. The molecule has 1 heterocycles. The summed E-state index contributed by atoms with van der Waals surface area (Å²) < 4.78 is 1.99. The summed E-state index contributed by atoms with van der Waals surface area (Å²) in [6, 6.07) is 7.15. The summed E-state index contributed by atoms with van der Waals surface area (Å²) in [6.07, 6.45) is 7.33. The van der Waals surface area contributed by atoms with E-state index in [1.807, 2.05) is 18.5 Å². The number of hydrogen-bond donors (Lipinski definition) is 2. The fourth-order valence-electron chi connectivity index (χ4n) is 3.59. The lowest BCUT2D eigenvalue weighted by atomic mass is 9.89. The van der Waals surface area contributed by atoms with E-state index in [-0.39, 0.29) is 30.0 Å². The summed E-state index contributed by atoms with van der Waals surface area (Å²) in [6.45, 7) is 7.78. The van der Waals surface area contributed by atoms with Gasteiger partial charge < -0.3 is 15.2 Å². The van der Waals surface area contributed by atoms with Gasteiger partial charge in [-0.05, 0) is 62.6 Å². The molecule has 3 rings (SSSR count). The Kier molecular flexibility index (Phi) is 9.39. The number of rotatable bonds is 7. The largest absolute Gasteiger partial charge is 0.356 e. The summed E-state index contributed by atoms with van der Waals surface area (Å²) in [5, 5.41) is 15.4. The molecule has 2 N–H and O–H groups in total. The smallest absolute Gasteiger partial charge is 0.192 e. The second kappa shape index (κ2) is 11.5. The second-order valence-electron chi connectivity index (χ2n) is 7.77. The van der Waals surface area contributed by atoms with Crippen LogP contribution in [0.15, 0.2) is 23.2 Å². The van der Waals surface area contributed by atoms with Crippen molar-refractivity contribution in [2.75, 3.05) is 6.54 Å². The van der Waals surface area contributed by atoms with Crippen LogP contribution < -0.4 is 10.6 Å². The Bertz CT molecular complexity index is 814. The van der Waals surface area contributed by atoms with Crippen molar-refractivity contribution in [2.24, 2.45) is 12.0 Å². The standard InChI is InChI=1S/C22H34N6.HI/c1-5-6-13-23-22(24-15-21-27-26-17(3)28(21)4)25-16(2)19-12-11-18-9-7-8-10-20(18)14-19;/h11-12,14,16H,5-10,13,15H2,1-4H3,(H2,23,24,25);1H. The van der Waals surface area contributed by atoms with Gasteiger partial charge in [-0.25, -0.2) is 4.99 Å². The molecule has 0 radical (unpaired) electrons. The van der Waals surface area contributed by atoms with Crippen LogP contribution >= 0.6 is 24.0 Å². The molecule has 2 aromatic rings. The molecule has 1 aromatic carbocycles. The van der Waals surface area contributed by atoms with Gasteiger partial charge in [0.15, 0.2) is 11.8 Å². The van der Waals surface area contributed by atoms with Crippen molar-refractivity contribution in [1.29, 1.82) is 0 Å². The van der Waals surface area contributed by atoms with Gasteiger partial charge >= 0.3 is 0 Å². The number of benzene rings is 1. The predicted molar refractivity (Wildman–Crippen MR) is 130 cm³/mol. The van der Waals surface area contributed by atoms with Gasteiger partial charge in [-0.2, -0.15) is 0 Å². The van der Waals surface area contributed by atoms with E-state index in [4.69, 9.17) is 4.99 Å². The lowest BCUT2D eigenvalue weighted by molar-refractivity contribution is 0.654. The number of guanidine groups is 1. The first-order valence-corrected chi connectivity index (χ1v) is 10.6. The summed E-state index contributed by atoms with van der Waals surface area (Å²) in [5.41, 5.74) is 4.36. The zero-order valence-electron chi connectivity index (χ0n) is 18.2. The summed E-state index contributed by atoms with van der Waals surface area (Å²) in [4.78, 5) is 4.76. The minimum atomic E-state index is 0. The van der Waals surface area contributed by atoms with Crippen LogP contribution in [0.1, 0.15) is 73.9 Å². The SMILES string of the molecule is CCCCNC(=NCc1nnc(C)n1C)NC(C)c1ccc2c(c1)CCCC2.I. The van der Waals surface area contributed by atoms with Gasteiger partial charge in [-0.15, -0.1) is 34.2 Å². The Balaban J connectivity index is 0.00000300. The molecule has 1 aromatic heterocycles. The van der Waals surface area contributed by atoms with Crippen LogP contribution in [0.25, 0.3) is 0 Å². The number of nitrogens with one attached hydrogen (secondary N) is 2. The minimum Gasteiger partial charge on any atom is -0.356 e. The highest BCUT2D eigenvalue weighted by Crippen LogP contribution is 2.24. The van der Waals surface area contributed by atoms with Crippen molar-refractivity contribution in [3.63, 3.8) is 0 Å². The van der Waals surface area contributed by atoms with Crippen LogP contribution in [-0.2, 0) is 26.4 Å². The van der Waals surface area contributed by atoms with E-state index in [1.54, 1.807) is 0 Å². The monoisotopic (exact) mass is 510 g/mol. The summed E-state index contributed by atoms with van der Waals surface area (Å²) >= 11 is 0. The number of unbranched alkanes of at least 4 members (excludes halogenated alkanes) is 1. The van der Waals surface area contributed by atoms with Crippen LogP contribution in [0.3, 0.4) is 0 Å². The molecule has 0 bridgehead atoms. The van der Waals surface area contributed by atoms with Crippen molar-refractivity contribution >= 4 is 29.9 Å². The quantitative estimate of drug-likeness (QED) is 0.254. The lowest BCUT2D eigenvalue weighted by Gasteiger charge is -2.22. The van der Waals surface area contributed by atoms with Crippen molar-refractivity contribution < 1.29 is 0 Å². The number of aliphatic imine (C=N–C) groups is 1. The Morgan fingerprint density at radius 3 is 2.66 bits per heavy atom. The highest BCUT2D eigenvalue weighted by Gasteiger charge is 2.14. The molecule has 1 aliphatic carbocycles. The number of aromatic nitrogens is 3. The first-order chi connectivity index (χ1) is 13.6. The highest BCUT2D eigenvalue weighted by molar-refractivity contribution is 14.0. The summed E-state index contributed by atoms with van der Waals surface area (Å²) in [7, 11) is 1.98.